The van der Waals surface area contributed by atoms with E-state index >= 15 is 0 Å². The molecule has 0 saturated carbocycles. The summed E-state index contributed by atoms with van der Waals surface area (Å²) in [5.41, 5.74) is 8.81. The molecule has 0 amide bonds. The molecule has 3 heterocycles. The lowest BCUT2D eigenvalue weighted by Gasteiger charge is -2.27. The van der Waals surface area contributed by atoms with Gasteiger partial charge in [-0.2, -0.15) is 5.10 Å². The first kappa shape index (κ1) is 9.21. The molecule has 1 aliphatic rings. The molecule has 0 saturated heterocycles. The second-order valence-electron chi connectivity index (χ2n) is 4.00. The molecule has 5 heteroatoms. The number of nitrogens with zero attached hydrogens (tertiary/aromatic N) is 3. The van der Waals surface area contributed by atoms with Crippen LogP contribution in [-0.4, -0.2) is 21.7 Å². The number of nitrogen functional groups attached to an aromatic ring is 1. The Hall–Kier alpha value is -2.04. The van der Waals surface area contributed by atoms with Crippen LogP contribution in [0.1, 0.15) is 11.3 Å². The lowest BCUT2D eigenvalue weighted by molar-refractivity contribution is 0.708. The molecular formula is C11H13N5. The highest BCUT2D eigenvalue weighted by Crippen LogP contribution is 2.21. The van der Waals surface area contributed by atoms with Gasteiger partial charge in [-0.3, -0.25) is 5.10 Å². The minimum absolute atomic E-state index is 0.697. The molecule has 0 spiro atoms. The van der Waals surface area contributed by atoms with Crippen molar-refractivity contribution in [3.8, 4) is 0 Å². The molecule has 3 rings (SSSR count). The van der Waals surface area contributed by atoms with Crippen LogP contribution in [0.4, 0.5) is 11.5 Å². The van der Waals surface area contributed by atoms with E-state index in [1.54, 1.807) is 6.20 Å². The first-order valence-electron chi connectivity index (χ1n) is 5.30. The van der Waals surface area contributed by atoms with Gasteiger partial charge < -0.3 is 10.6 Å². The third-order valence-electron chi connectivity index (χ3n) is 2.90. The van der Waals surface area contributed by atoms with E-state index in [1.807, 2.05) is 18.3 Å². The number of aromatic amines is 1. The van der Waals surface area contributed by atoms with Crippen molar-refractivity contribution in [1.29, 1.82) is 0 Å². The highest BCUT2D eigenvalue weighted by Gasteiger charge is 2.18. The molecule has 82 valence electrons. The van der Waals surface area contributed by atoms with Crippen molar-refractivity contribution >= 4 is 11.5 Å². The standard InChI is InChI=1S/C11H13N5/c12-9-1-2-11(13-6-9)16-4-3-8-5-14-15-10(8)7-16/h1-2,5-6H,3-4,7,12H2,(H,14,15). The topological polar surface area (TPSA) is 70.8 Å². The van der Waals surface area contributed by atoms with Gasteiger partial charge in [0.2, 0.25) is 0 Å². The van der Waals surface area contributed by atoms with Gasteiger partial charge in [0.25, 0.3) is 0 Å². The highest BCUT2D eigenvalue weighted by molar-refractivity contribution is 5.47. The van der Waals surface area contributed by atoms with Gasteiger partial charge in [0.15, 0.2) is 0 Å². The predicted molar refractivity (Wildman–Crippen MR) is 62.0 cm³/mol. The Morgan fingerprint density at radius 1 is 1.31 bits per heavy atom. The number of rotatable bonds is 1. The van der Waals surface area contributed by atoms with E-state index in [-0.39, 0.29) is 0 Å². The van der Waals surface area contributed by atoms with E-state index in [4.69, 9.17) is 5.73 Å². The van der Waals surface area contributed by atoms with Gasteiger partial charge in [0.1, 0.15) is 5.82 Å². The summed E-state index contributed by atoms with van der Waals surface area (Å²) in [6, 6.07) is 3.83. The van der Waals surface area contributed by atoms with E-state index < -0.39 is 0 Å². The van der Waals surface area contributed by atoms with Gasteiger partial charge in [-0.25, -0.2) is 4.98 Å². The second kappa shape index (κ2) is 3.52. The zero-order valence-electron chi connectivity index (χ0n) is 8.85. The lowest BCUT2D eigenvalue weighted by atomic mass is 10.1. The van der Waals surface area contributed by atoms with Crippen LogP contribution in [0.2, 0.25) is 0 Å². The Labute approximate surface area is 93.3 Å². The van der Waals surface area contributed by atoms with Gasteiger partial charge in [-0.1, -0.05) is 0 Å². The van der Waals surface area contributed by atoms with Crippen LogP contribution in [0, 0.1) is 0 Å². The van der Waals surface area contributed by atoms with Gasteiger partial charge in [-0.15, -0.1) is 0 Å². The second-order valence-corrected chi connectivity index (χ2v) is 4.00. The van der Waals surface area contributed by atoms with Crippen LogP contribution in [0.3, 0.4) is 0 Å². The monoisotopic (exact) mass is 215 g/mol. The number of H-pyrrole nitrogens is 1. The molecule has 2 aromatic heterocycles. The van der Waals surface area contributed by atoms with Gasteiger partial charge in [-0.05, 0) is 24.1 Å². The van der Waals surface area contributed by atoms with Crippen molar-refractivity contribution in [3.63, 3.8) is 0 Å². The molecule has 0 bridgehead atoms. The summed E-state index contributed by atoms with van der Waals surface area (Å²) in [4.78, 5) is 6.55. The summed E-state index contributed by atoms with van der Waals surface area (Å²) >= 11 is 0. The van der Waals surface area contributed by atoms with E-state index in [0.29, 0.717) is 5.69 Å². The van der Waals surface area contributed by atoms with Crippen molar-refractivity contribution in [2.45, 2.75) is 13.0 Å². The van der Waals surface area contributed by atoms with Gasteiger partial charge >= 0.3 is 0 Å². The molecule has 1 aliphatic heterocycles. The number of hydrogen-bond donors (Lipinski definition) is 2. The average Bonchev–Trinajstić information content (AvgIpc) is 2.77. The Morgan fingerprint density at radius 2 is 2.25 bits per heavy atom. The molecule has 16 heavy (non-hydrogen) atoms. The summed E-state index contributed by atoms with van der Waals surface area (Å²) < 4.78 is 0. The van der Waals surface area contributed by atoms with E-state index in [2.05, 4.69) is 20.1 Å². The summed E-state index contributed by atoms with van der Waals surface area (Å²) in [5, 5.41) is 7.08. The summed E-state index contributed by atoms with van der Waals surface area (Å²) in [6.45, 7) is 1.82. The number of aromatic nitrogens is 3. The molecule has 0 fully saturated rings. The molecular weight excluding hydrogens is 202 g/mol. The molecule has 0 atom stereocenters. The van der Waals surface area contributed by atoms with Gasteiger partial charge in [0.05, 0.1) is 30.3 Å². The van der Waals surface area contributed by atoms with E-state index in [9.17, 15) is 0 Å². The maximum Gasteiger partial charge on any atom is 0.128 e. The van der Waals surface area contributed by atoms with Crippen LogP contribution >= 0.6 is 0 Å². The average molecular weight is 215 g/mol. The van der Waals surface area contributed by atoms with Crippen LogP contribution in [0.5, 0.6) is 0 Å². The fourth-order valence-corrected chi connectivity index (χ4v) is 2.00. The highest BCUT2D eigenvalue weighted by atomic mass is 15.2. The molecule has 5 nitrogen and oxygen atoms in total. The minimum atomic E-state index is 0.697. The quantitative estimate of drug-likeness (QED) is 0.743. The van der Waals surface area contributed by atoms with Crippen LogP contribution in [0.25, 0.3) is 0 Å². The normalized spacial score (nSPS) is 14.9. The Morgan fingerprint density at radius 3 is 3.06 bits per heavy atom. The summed E-state index contributed by atoms with van der Waals surface area (Å²) in [5.74, 6) is 0.967. The van der Waals surface area contributed by atoms with E-state index in [0.717, 1.165) is 25.3 Å². The fourth-order valence-electron chi connectivity index (χ4n) is 2.00. The van der Waals surface area contributed by atoms with Crippen LogP contribution in [-0.2, 0) is 13.0 Å². The predicted octanol–water partition coefficient (Wildman–Crippen LogP) is 0.950. The summed E-state index contributed by atoms with van der Waals surface area (Å²) in [7, 11) is 0. The number of nitrogens with two attached hydrogens (primary N) is 1. The van der Waals surface area contributed by atoms with Crippen molar-refractivity contribution in [2.75, 3.05) is 17.2 Å². The number of fused-ring (bicyclic) bond motifs is 1. The molecule has 0 aromatic carbocycles. The lowest BCUT2D eigenvalue weighted by Crippen LogP contribution is -2.30. The van der Waals surface area contributed by atoms with Crippen LogP contribution < -0.4 is 10.6 Å². The van der Waals surface area contributed by atoms with Gasteiger partial charge in [0, 0.05) is 6.54 Å². The molecule has 2 aromatic rings. The Bertz CT molecular complexity index is 487. The number of nitrogens with one attached hydrogen (secondary N) is 1. The largest absolute Gasteiger partial charge is 0.397 e. The van der Waals surface area contributed by atoms with Crippen LogP contribution in [0.15, 0.2) is 24.5 Å². The Balaban J connectivity index is 1.86. The first-order chi connectivity index (χ1) is 7.83. The zero-order chi connectivity index (χ0) is 11.0. The molecule has 0 radical (unpaired) electrons. The molecule has 0 unspecified atom stereocenters. The van der Waals surface area contributed by atoms with Crippen molar-refractivity contribution in [1.82, 2.24) is 15.2 Å². The molecule has 0 aliphatic carbocycles. The summed E-state index contributed by atoms with van der Waals surface area (Å²) in [6.07, 6.45) is 4.61. The van der Waals surface area contributed by atoms with Crippen molar-refractivity contribution in [2.24, 2.45) is 0 Å². The zero-order valence-corrected chi connectivity index (χ0v) is 8.85. The Kier molecular flexibility index (Phi) is 2.02. The van der Waals surface area contributed by atoms with Crippen molar-refractivity contribution < 1.29 is 0 Å². The maximum absolute atomic E-state index is 5.62. The third-order valence-corrected chi connectivity index (χ3v) is 2.90. The first-order valence-corrected chi connectivity index (χ1v) is 5.30. The number of hydrogen-bond acceptors (Lipinski definition) is 4. The number of pyridine rings is 1. The smallest absolute Gasteiger partial charge is 0.128 e. The SMILES string of the molecule is Nc1ccc(N2CCc3cn[nH]c3C2)nc1. The minimum Gasteiger partial charge on any atom is -0.397 e. The fraction of sp³-hybridized carbons (Fsp3) is 0.273. The molecule has 3 N–H and O–H groups in total. The maximum atomic E-state index is 5.62. The van der Waals surface area contributed by atoms with E-state index in [1.165, 1.54) is 11.3 Å². The third kappa shape index (κ3) is 1.50. The number of anilines is 2. The van der Waals surface area contributed by atoms with Crippen molar-refractivity contribution in [3.05, 3.63) is 35.8 Å².